The molecule has 1 N–H and O–H groups in total. The highest BCUT2D eigenvalue weighted by atomic mass is 16.2. The summed E-state index contributed by atoms with van der Waals surface area (Å²) in [5.74, 6) is -0.440. The molecule has 128 valence electrons. The minimum absolute atomic E-state index is 0.0132. The number of aromatic nitrogens is 2. The second-order valence-electron chi connectivity index (χ2n) is 6.07. The molecule has 0 aliphatic rings. The number of amides is 2. The Hall–Kier alpha value is -2.70. The van der Waals surface area contributed by atoms with E-state index in [9.17, 15) is 14.4 Å². The Morgan fingerprint density at radius 2 is 1.88 bits per heavy atom. The lowest BCUT2D eigenvalue weighted by atomic mass is 10.1. The van der Waals surface area contributed by atoms with Crippen LogP contribution in [-0.2, 0) is 23.1 Å². The smallest absolute Gasteiger partial charge is 0.274 e. The third kappa shape index (κ3) is 3.98. The van der Waals surface area contributed by atoms with Crippen molar-refractivity contribution in [2.45, 2.75) is 26.3 Å². The Labute approximate surface area is 140 Å². The molecule has 0 saturated heterocycles. The predicted octanol–water partition coefficient (Wildman–Crippen LogP) is 0.459. The molecule has 1 aromatic heterocycles. The quantitative estimate of drug-likeness (QED) is 0.863. The highest BCUT2D eigenvalue weighted by Crippen LogP contribution is 2.14. The van der Waals surface area contributed by atoms with Crippen molar-refractivity contribution in [2.24, 2.45) is 7.05 Å². The first-order valence-electron chi connectivity index (χ1n) is 7.78. The van der Waals surface area contributed by atoms with Gasteiger partial charge in [0.05, 0.1) is 24.0 Å². The van der Waals surface area contributed by atoms with Crippen molar-refractivity contribution < 1.29 is 9.59 Å². The molecule has 0 aliphatic heterocycles. The van der Waals surface area contributed by atoms with E-state index in [1.54, 1.807) is 38.4 Å². The summed E-state index contributed by atoms with van der Waals surface area (Å²) < 4.78 is 1.23. The zero-order chi connectivity index (χ0) is 17.9. The van der Waals surface area contributed by atoms with E-state index >= 15 is 0 Å². The van der Waals surface area contributed by atoms with Gasteiger partial charge in [-0.2, -0.15) is 5.10 Å². The van der Waals surface area contributed by atoms with Crippen LogP contribution in [0.2, 0.25) is 0 Å². The molecule has 2 aromatic rings. The zero-order valence-electron chi connectivity index (χ0n) is 14.4. The number of fused-ring (bicyclic) bond motifs is 1. The van der Waals surface area contributed by atoms with E-state index < -0.39 is 0 Å². The maximum Gasteiger partial charge on any atom is 0.274 e. The maximum atomic E-state index is 12.4. The van der Waals surface area contributed by atoms with Crippen molar-refractivity contribution in [1.29, 1.82) is 0 Å². The first-order chi connectivity index (χ1) is 11.3. The molecule has 1 heterocycles. The monoisotopic (exact) mass is 330 g/mol. The number of nitrogens with one attached hydrogen (secondary N) is 1. The summed E-state index contributed by atoms with van der Waals surface area (Å²) in [5, 5.41) is 8.14. The topological polar surface area (TPSA) is 84.3 Å². The molecule has 2 rings (SSSR count). The molecule has 7 nitrogen and oxygen atoms in total. The molecule has 0 fully saturated rings. The van der Waals surface area contributed by atoms with E-state index in [0.717, 1.165) is 0 Å². The molecule has 0 radical (unpaired) electrons. The molecule has 0 atom stereocenters. The molecule has 24 heavy (non-hydrogen) atoms. The Morgan fingerprint density at radius 3 is 2.50 bits per heavy atom. The van der Waals surface area contributed by atoms with Gasteiger partial charge in [0.1, 0.15) is 0 Å². The van der Waals surface area contributed by atoms with Gasteiger partial charge in [0, 0.05) is 25.5 Å². The lowest BCUT2D eigenvalue weighted by Gasteiger charge is -2.18. The molecule has 0 unspecified atom stereocenters. The van der Waals surface area contributed by atoms with E-state index in [2.05, 4.69) is 10.4 Å². The average molecular weight is 330 g/mol. The third-order valence-corrected chi connectivity index (χ3v) is 3.61. The summed E-state index contributed by atoms with van der Waals surface area (Å²) >= 11 is 0. The number of carbonyl (C=O) groups is 2. The summed E-state index contributed by atoms with van der Waals surface area (Å²) in [7, 11) is 3.13. The van der Waals surface area contributed by atoms with Crippen molar-refractivity contribution in [1.82, 2.24) is 20.0 Å². The van der Waals surface area contributed by atoms with Gasteiger partial charge in [-0.05, 0) is 19.9 Å². The minimum atomic E-state index is -0.231. The highest BCUT2D eigenvalue weighted by molar-refractivity contribution is 5.90. The van der Waals surface area contributed by atoms with E-state index in [-0.39, 0.29) is 36.4 Å². The van der Waals surface area contributed by atoms with Crippen LogP contribution in [0.5, 0.6) is 0 Å². The molecule has 0 aliphatic carbocycles. The first kappa shape index (κ1) is 17.7. The van der Waals surface area contributed by atoms with Gasteiger partial charge in [-0.15, -0.1) is 0 Å². The fraction of sp³-hybridized carbons (Fsp3) is 0.412. The minimum Gasteiger partial charge on any atom is -0.352 e. The van der Waals surface area contributed by atoms with Gasteiger partial charge >= 0.3 is 0 Å². The fourth-order valence-electron chi connectivity index (χ4n) is 2.46. The molecular formula is C17H22N4O3. The summed E-state index contributed by atoms with van der Waals surface area (Å²) in [5.41, 5.74) is 0.320. The Morgan fingerprint density at radius 1 is 1.25 bits per heavy atom. The van der Waals surface area contributed by atoms with Crippen LogP contribution in [0.25, 0.3) is 10.8 Å². The van der Waals surface area contributed by atoms with Crippen molar-refractivity contribution >= 4 is 22.6 Å². The van der Waals surface area contributed by atoms with E-state index in [0.29, 0.717) is 16.5 Å². The van der Waals surface area contributed by atoms with Gasteiger partial charge < -0.3 is 10.2 Å². The maximum absolute atomic E-state index is 12.4. The molecule has 0 saturated carbocycles. The molecule has 1 aromatic carbocycles. The number of carbonyl (C=O) groups excluding carboxylic acids is 2. The van der Waals surface area contributed by atoms with Gasteiger partial charge in [-0.1, -0.05) is 18.2 Å². The number of aryl methyl sites for hydroxylation is 1. The van der Waals surface area contributed by atoms with Gasteiger partial charge in [-0.25, -0.2) is 4.68 Å². The molecule has 7 heteroatoms. The summed E-state index contributed by atoms with van der Waals surface area (Å²) in [6.45, 7) is 3.71. The normalized spacial score (nSPS) is 10.9. The molecule has 2 amide bonds. The zero-order valence-corrected chi connectivity index (χ0v) is 14.4. The van der Waals surface area contributed by atoms with Crippen molar-refractivity contribution in [3.63, 3.8) is 0 Å². The average Bonchev–Trinajstić information content (AvgIpc) is 2.51. The van der Waals surface area contributed by atoms with Crippen LogP contribution in [0.3, 0.4) is 0 Å². The van der Waals surface area contributed by atoms with Crippen LogP contribution >= 0.6 is 0 Å². The molecule has 0 spiro atoms. The number of nitrogens with zero attached hydrogens (tertiary/aromatic N) is 3. The SMILES string of the molecule is CC(C)NC(=O)CN(C)C(=O)Cc1nn(C)c(=O)c2ccccc12. The largest absolute Gasteiger partial charge is 0.352 e. The second-order valence-corrected chi connectivity index (χ2v) is 6.07. The third-order valence-electron chi connectivity index (χ3n) is 3.61. The van der Waals surface area contributed by atoms with Crippen LogP contribution in [0.1, 0.15) is 19.5 Å². The lowest BCUT2D eigenvalue weighted by Crippen LogP contribution is -2.41. The van der Waals surface area contributed by atoms with Crippen LogP contribution < -0.4 is 10.9 Å². The Bertz CT molecular complexity index is 826. The van der Waals surface area contributed by atoms with Gasteiger partial charge in [0.25, 0.3) is 5.56 Å². The van der Waals surface area contributed by atoms with E-state index in [1.165, 1.54) is 9.58 Å². The fourth-order valence-corrected chi connectivity index (χ4v) is 2.46. The number of hydrogen-bond donors (Lipinski definition) is 1. The van der Waals surface area contributed by atoms with Crippen LogP contribution in [0.15, 0.2) is 29.1 Å². The Kier molecular flexibility index (Phi) is 5.33. The highest BCUT2D eigenvalue weighted by Gasteiger charge is 2.17. The molecule has 0 bridgehead atoms. The van der Waals surface area contributed by atoms with E-state index in [1.807, 2.05) is 13.8 Å². The lowest BCUT2D eigenvalue weighted by molar-refractivity contribution is -0.134. The summed E-state index contributed by atoms with van der Waals surface area (Å²) in [6, 6.07) is 7.09. The van der Waals surface area contributed by atoms with Gasteiger partial charge in [0.2, 0.25) is 11.8 Å². The Balaban J connectivity index is 2.20. The van der Waals surface area contributed by atoms with Crippen LogP contribution in [0.4, 0.5) is 0 Å². The van der Waals surface area contributed by atoms with Gasteiger partial charge in [0.15, 0.2) is 0 Å². The number of hydrogen-bond acceptors (Lipinski definition) is 4. The summed E-state index contributed by atoms with van der Waals surface area (Å²) in [4.78, 5) is 37.6. The van der Waals surface area contributed by atoms with Crippen LogP contribution in [0, 0.1) is 0 Å². The number of rotatable bonds is 5. The molecular weight excluding hydrogens is 308 g/mol. The first-order valence-corrected chi connectivity index (χ1v) is 7.78. The van der Waals surface area contributed by atoms with Crippen molar-refractivity contribution in [3.05, 3.63) is 40.3 Å². The van der Waals surface area contributed by atoms with E-state index in [4.69, 9.17) is 0 Å². The van der Waals surface area contributed by atoms with Crippen LogP contribution in [-0.4, -0.2) is 46.1 Å². The van der Waals surface area contributed by atoms with Crippen molar-refractivity contribution in [3.8, 4) is 0 Å². The van der Waals surface area contributed by atoms with Crippen molar-refractivity contribution in [2.75, 3.05) is 13.6 Å². The number of benzene rings is 1. The second kappa shape index (κ2) is 7.25. The standard InChI is InChI=1S/C17H22N4O3/c1-11(2)18-15(22)10-20(3)16(23)9-14-12-7-5-6-8-13(12)17(24)21(4)19-14/h5-8,11H,9-10H2,1-4H3,(H,18,22). The number of likely N-dealkylation sites (N-methyl/N-ethyl adjacent to an activating group) is 1. The summed E-state index contributed by atoms with van der Waals surface area (Å²) in [6.07, 6.45) is 0.0279. The predicted molar refractivity (Wildman–Crippen MR) is 91.6 cm³/mol. The van der Waals surface area contributed by atoms with Gasteiger partial charge in [-0.3, -0.25) is 14.4 Å².